The second-order valence-corrected chi connectivity index (χ2v) is 3.82. The molecule has 1 heterocycles. The van der Waals surface area contributed by atoms with Crippen molar-refractivity contribution in [3.05, 3.63) is 47.9 Å². The van der Waals surface area contributed by atoms with Gasteiger partial charge >= 0.3 is 0 Å². The summed E-state index contributed by atoms with van der Waals surface area (Å²) in [5, 5.41) is 2.73. The molecule has 0 spiro atoms. The minimum absolute atomic E-state index is 0.116. The predicted octanol–water partition coefficient (Wildman–Crippen LogP) is 0.997. The summed E-state index contributed by atoms with van der Waals surface area (Å²) in [5.41, 5.74) is 6.64. The lowest BCUT2D eigenvalue weighted by atomic mass is 10.2. The van der Waals surface area contributed by atoms with Crippen LogP contribution in [0.5, 0.6) is 5.75 Å². The molecule has 0 aliphatic rings. The van der Waals surface area contributed by atoms with Gasteiger partial charge in [0.05, 0.1) is 7.11 Å². The molecule has 0 saturated heterocycles. The topological polar surface area (TPSA) is 90.1 Å². The first-order valence-electron chi connectivity index (χ1n) is 5.68. The van der Waals surface area contributed by atoms with Gasteiger partial charge in [0.1, 0.15) is 5.75 Å². The predicted molar refractivity (Wildman–Crippen MR) is 70.6 cm³/mol. The van der Waals surface area contributed by atoms with Crippen LogP contribution >= 0.6 is 0 Å². The Kier molecular flexibility index (Phi) is 3.92. The van der Waals surface area contributed by atoms with Crippen LogP contribution in [0.4, 0.5) is 5.82 Å². The van der Waals surface area contributed by atoms with Crippen LogP contribution in [0.3, 0.4) is 0 Å². The van der Waals surface area contributed by atoms with Crippen molar-refractivity contribution in [1.29, 1.82) is 0 Å². The van der Waals surface area contributed by atoms with Gasteiger partial charge in [-0.2, -0.15) is 0 Å². The Morgan fingerprint density at radius 3 is 2.89 bits per heavy atom. The van der Waals surface area contributed by atoms with Crippen LogP contribution in [-0.4, -0.2) is 23.0 Å². The van der Waals surface area contributed by atoms with Gasteiger partial charge in [-0.1, -0.05) is 12.1 Å². The van der Waals surface area contributed by atoms with Crippen LogP contribution in [0, 0.1) is 0 Å². The number of amides is 1. The number of benzene rings is 1. The summed E-state index contributed by atoms with van der Waals surface area (Å²) in [6, 6.07) is 7.44. The number of carbonyl (C=O) groups is 1. The number of nitrogen functional groups attached to an aromatic ring is 1. The highest BCUT2D eigenvalue weighted by Crippen LogP contribution is 2.12. The molecular weight excluding hydrogens is 244 g/mol. The molecule has 6 nitrogen and oxygen atoms in total. The zero-order valence-electron chi connectivity index (χ0n) is 10.5. The van der Waals surface area contributed by atoms with E-state index in [1.807, 2.05) is 24.3 Å². The summed E-state index contributed by atoms with van der Waals surface area (Å²) < 4.78 is 5.11. The molecule has 19 heavy (non-hydrogen) atoms. The van der Waals surface area contributed by atoms with Crippen LogP contribution < -0.4 is 15.8 Å². The number of rotatable bonds is 4. The maximum Gasteiger partial charge on any atom is 0.273 e. The maximum atomic E-state index is 11.9. The van der Waals surface area contributed by atoms with Crippen LogP contribution in [0.25, 0.3) is 0 Å². The monoisotopic (exact) mass is 258 g/mol. The molecule has 2 aromatic rings. The number of carbonyl (C=O) groups excluding carboxylic acids is 1. The molecule has 1 aromatic carbocycles. The molecule has 0 bridgehead atoms. The number of hydrogen-bond donors (Lipinski definition) is 2. The molecule has 0 aliphatic carbocycles. The molecule has 1 aromatic heterocycles. The van der Waals surface area contributed by atoms with E-state index in [4.69, 9.17) is 10.5 Å². The number of anilines is 1. The van der Waals surface area contributed by atoms with Crippen LogP contribution in [0.2, 0.25) is 0 Å². The highest BCUT2D eigenvalue weighted by molar-refractivity contribution is 5.96. The smallest absolute Gasteiger partial charge is 0.273 e. The largest absolute Gasteiger partial charge is 0.497 e. The summed E-state index contributed by atoms with van der Waals surface area (Å²) in [6.45, 7) is 0.367. The van der Waals surface area contributed by atoms with E-state index in [1.54, 1.807) is 7.11 Å². The van der Waals surface area contributed by atoms with Crippen LogP contribution in [0.1, 0.15) is 16.1 Å². The Balaban J connectivity index is 2.02. The van der Waals surface area contributed by atoms with E-state index in [1.165, 1.54) is 12.4 Å². The Morgan fingerprint density at radius 2 is 2.16 bits per heavy atom. The number of nitrogens with one attached hydrogen (secondary N) is 1. The van der Waals surface area contributed by atoms with E-state index in [-0.39, 0.29) is 17.4 Å². The summed E-state index contributed by atoms with van der Waals surface area (Å²) in [6.07, 6.45) is 2.87. The lowest BCUT2D eigenvalue weighted by Gasteiger charge is -2.07. The Hall–Kier alpha value is -2.63. The summed E-state index contributed by atoms with van der Waals surface area (Å²) in [5.74, 6) is 0.504. The third kappa shape index (κ3) is 3.19. The molecule has 0 atom stereocenters. The Labute approximate surface area is 110 Å². The Bertz CT molecular complexity index is 586. The third-order valence-corrected chi connectivity index (χ3v) is 2.53. The van der Waals surface area contributed by atoms with Gasteiger partial charge in [-0.15, -0.1) is 0 Å². The molecule has 2 rings (SSSR count). The van der Waals surface area contributed by atoms with Gasteiger partial charge in [0.2, 0.25) is 0 Å². The SMILES string of the molecule is COc1cccc(CNC(=O)c2nccnc2N)c1. The fraction of sp³-hybridized carbons (Fsp3) is 0.154. The summed E-state index contributed by atoms with van der Waals surface area (Å²) >= 11 is 0. The van der Waals surface area contributed by atoms with Crippen molar-refractivity contribution in [3.8, 4) is 5.75 Å². The van der Waals surface area contributed by atoms with Crippen molar-refractivity contribution in [2.24, 2.45) is 0 Å². The van der Waals surface area contributed by atoms with Crippen molar-refractivity contribution in [3.63, 3.8) is 0 Å². The van der Waals surface area contributed by atoms with Crippen molar-refractivity contribution >= 4 is 11.7 Å². The van der Waals surface area contributed by atoms with Gasteiger partial charge in [-0.05, 0) is 17.7 Å². The molecule has 98 valence electrons. The second kappa shape index (κ2) is 5.81. The lowest BCUT2D eigenvalue weighted by molar-refractivity contribution is 0.0946. The minimum Gasteiger partial charge on any atom is -0.497 e. The zero-order chi connectivity index (χ0) is 13.7. The van der Waals surface area contributed by atoms with Gasteiger partial charge in [-0.3, -0.25) is 4.79 Å². The average molecular weight is 258 g/mol. The first kappa shape index (κ1) is 12.8. The molecule has 3 N–H and O–H groups in total. The Morgan fingerprint density at radius 1 is 1.37 bits per heavy atom. The minimum atomic E-state index is -0.353. The highest BCUT2D eigenvalue weighted by Gasteiger charge is 2.11. The van der Waals surface area contributed by atoms with Crippen molar-refractivity contribution in [2.75, 3.05) is 12.8 Å². The van der Waals surface area contributed by atoms with Gasteiger partial charge < -0.3 is 15.8 Å². The molecule has 0 fully saturated rings. The van der Waals surface area contributed by atoms with E-state index in [0.29, 0.717) is 6.54 Å². The van der Waals surface area contributed by atoms with Gasteiger partial charge in [0.15, 0.2) is 11.5 Å². The number of aromatic nitrogens is 2. The fourth-order valence-corrected chi connectivity index (χ4v) is 1.57. The molecule has 0 unspecified atom stereocenters. The van der Waals surface area contributed by atoms with E-state index >= 15 is 0 Å². The molecule has 0 aliphatic heterocycles. The van der Waals surface area contributed by atoms with E-state index in [2.05, 4.69) is 15.3 Å². The highest BCUT2D eigenvalue weighted by atomic mass is 16.5. The number of methoxy groups -OCH3 is 1. The van der Waals surface area contributed by atoms with Gasteiger partial charge in [-0.25, -0.2) is 9.97 Å². The number of nitrogens with two attached hydrogens (primary N) is 1. The fourth-order valence-electron chi connectivity index (χ4n) is 1.57. The summed E-state index contributed by atoms with van der Waals surface area (Å²) in [4.78, 5) is 19.6. The van der Waals surface area contributed by atoms with Crippen LogP contribution in [-0.2, 0) is 6.54 Å². The maximum absolute atomic E-state index is 11.9. The number of ether oxygens (including phenoxy) is 1. The van der Waals surface area contributed by atoms with Crippen molar-refractivity contribution < 1.29 is 9.53 Å². The zero-order valence-corrected chi connectivity index (χ0v) is 10.5. The molecule has 6 heteroatoms. The molecule has 0 saturated carbocycles. The molecular formula is C13H14N4O2. The first-order valence-corrected chi connectivity index (χ1v) is 5.68. The van der Waals surface area contributed by atoms with E-state index < -0.39 is 0 Å². The molecule has 1 amide bonds. The number of hydrogen-bond acceptors (Lipinski definition) is 5. The number of nitrogens with zero attached hydrogens (tertiary/aromatic N) is 2. The van der Waals surface area contributed by atoms with E-state index in [9.17, 15) is 4.79 Å². The molecule has 0 radical (unpaired) electrons. The van der Waals surface area contributed by atoms with Gasteiger partial charge in [0, 0.05) is 18.9 Å². The standard InChI is InChI=1S/C13H14N4O2/c1-19-10-4-2-3-9(7-10)8-17-13(18)11-12(14)16-6-5-15-11/h2-7H,8H2,1H3,(H2,14,16)(H,17,18). The summed E-state index contributed by atoms with van der Waals surface area (Å²) in [7, 11) is 1.60. The van der Waals surface area contributed by atoms with Crippen molar-refractivity contribution in [1.82, 2.24) is 15.3 Å². The first-order chi connectivity index (χ1) is 9.20. The third-order valence-electron chi connectivity index (χ3n) is 2.53. The lowest BCUT2D eigenvalue weighted by Crippen LogP contribution is -2.25. The van der Waals surface area contributed by atoms with E-state index in [0.717, 1.165) is 11.3 Å². The second-order valence-electron chi connectivity index (χ2n) is 3.82. The van der Waals surface area contributed by atoms with Gasteiger partial charge in [0.25, 0.3) is 5.91 Å². The average Bonchev–Trinajstić information content (AvgIpc) is 2.45. The van der Waals surface area contributed by atoms with Crippen LogP contribution in [0.15, 0.2) is 36.7 Å². The quantitative estimate of drug-likeness (QED) is 0.853. The normalized spacial score (nSPS) is 9.95. The van der Waals surface area contributed by atoms with Crippen molar-refractivity contribution in [2.45, 2.75) is 6.54 Å².